The molecule has 1 aliphatic heterocycles. The maximum atomic E-state index is 12.6. The van der Waals surface area contributed by atoms with Crippen molar-refractivity contribution < 1.29 is 22.8 Å². The molecule has 1 saturated heterocycles. The van der Waals surface area contributed by atoms with Crippen molar-refractivity contribution in [3.05, 3.63) is 0 Å². The highest BCUT2D eigenvalue weighted by molar-refractivity contribution is 5.90. The summed E-state index contributed by atoms with van der Waals surface area (Å²) in [6.45, 7) is 10.3. The van der Waals surface area contributed by atoms with Crippen LogP contribution in [0.2, 0.25) is 0 Å². The standard InChI is InChI=1S/C15H23F3N2O2/c1-13(2,3)10(19-12(22)15(16,17)18)11(21)20-6-8-9(7-20)14(8,4)5/h8-10H,6-7H2,1-5H3,(H,19,22)/t8-,9+,10-/m1/s1. The van der Waals surface area contributed by atoms with Gasteiger partial charge in [-0.2, -0.15) is 13.2 Å². The SMILES string of the molecule is CC(C)(C)[C@H](NC(=O)C(F)(F)F)C(=O)N1C[C@@H]2[C@H](C1)C2(C)C. The molecular formula is C15H23F3N2O2. The van der Waals surface area contributed by atoms with Crippen LogP contribution in [0.25, 0.3) is 0 Å². The summed E-state index contributed by atoms with van der Waals surface area (Å²) in [5.41, 5.74) is -0.580. The van der Waals surface area contributed by atoms with E-state index in [1.165, 1.54) is 0 Å². The van der Waals surface area contributed by atoms with Crippen LogP contribution in [0.1, 0.15) is 34.6 Å². The van der Waals surface area contributed by atoms with E-state index in [0.717, 1.165) is 0 Å². The van der Waals surface area contributed by atoms with Gasteiger partial charge in [0.05, 0.1) is 0 Å². The molecule has 0 aromatic rings. The van der Waals surface area contributed by atoms with Crippen LogP contribution in [0.5, 0.6) is 0 Å². The normalized spacial score (nSPS) is 28.1. The monoisotopic (exact) mass is 320 g/mol. The molecule has 22 heavy (non-hydrogen) atoms. The highest BCUT2D eigenvalue weighted by Crippen LogP contribution is 2.62. The fraction of sp³-hybridized carbons (Fsp3) is 0.867. The molecule has 2 rings (SSSR count). The molecule has 2 aliphatic rings. The van der Waals surface area contributed by atoms with Gasteiger partial charge in [-0.1, -0.05) is 34.6 Å². The summed E-state index contributed by atoms with van der Waals surface area (Å²) in [6, 6.07) is -1.18. The zero-order valence-corrected chi connectivity index (χ0v) is 13.5. The van der Waals surface area contributed by atoms with E-state index in [1.54, 1.807) is 25.7 Å². The molecule has 1 aliphatic carbocycles. The first kappa shape index (κ1) is 17.1. The lowest BCUT2D eigenvalue weighted by atomic mass is 9.85. The molecule has 0 aromatic carbocycles. The minimum Gasteiger partial charge on any atom is -0.340 e. The third-order valence-electron chi connectivity index (χ3n) is 5.08. The van der Waals surface area contributed by atoms with E-state index in [9.17, 15) is 22.8 Å². The third kappa shape index (κ3) is 2.94. The molecule has 0 radical (unpaired) electrons. The lowest BCUT2D eigenvalue weighted by molar-refractivity contribution is -0.176. The Kier molecular flexibility index (Phi) is 3.78. The van der Waals surface area contributed by atoms with Gasteiger partial charge in [0.1, 0.15) is 6.04 Å². The number of fused-ring (bicyclic) bond motifs is 1. The number of hydrogen-bond donors (Lipinski definition) is 1. The summed E-state index contributed by atoms with van der Waals surface area (Å²) < 4.78 is 37.4. The van der Waals surface area contributed by atoms with Gasteiger partial charge >= 0.3 is 12.1 Å². The highest BCUT2D eigenvalue weighted by Gasteiger charge is 2.63. The van der Waals surface area contributed by atoms with Crippen LogP contribution < -0.4 is 5.32 Å². The summed E-state index contributed by atoms with van der Waals surface area (Å²) >= 11 is 0. The first-order valence-corrected chi connectivity index (χ1v) is 7.42. The Morgan fingerprint density at radius 3 is 1.95 bits per heavy atom. The second-order valence-electron chi connectivity index (χ2n) is 8.05. The molecule has 2 fully saturated rings. The Hall–Kier alpha value is -1.27. The van der Waals surface area contributed by atoms with Crippen LogP contribution in [-0.4, -0.2) is 42.0 Å². The molecule has 1 heterocycles. The molecule has 2 amide bonds. The van der Waals surface area contributed by atoms with Gasteiger partial charge in [0.2, 0.25) is 5.91 Å². The average Bonchev–Trinajstić information content (AvgIpc) is 2.75. The van der Waals surface area contributed by atoms with E-state index in [4.69, 9.17) is 0 Å². The molecule has 4 nitrogen and oxygen atoms in total. The van der Waals surface area contributed by atoms with Gasteiger partial charge < -0.3 is 10.2 Å². The third-order valence-corrected chi connectivity index (χ3v) is 5.08. The van der Waals surface area contributed by atoms with Crippen LogP contribution in [0.15, 0.2) is 0 Å². The Bertz CT molecular complexity index is 480. The number of nitrogens with one attached hydrogen (secondary N) is 1. The predicted octanol–water partition coefficient (Wildman–Crippen LogP) is 2.19. The molecule has 1 N–H and O–H groups in total. The fourth-order valence-corrected chi connectivity index (χ4v) is 3.36. The topological polar surface area (TPSA) is 49.4 Å². The van der Waals surface area contributed by atoms with Crippen molar-refractivity contribution in [2.45, 2.75) is 46.8 Å². The van der Waals surface area contributed by atoms with Crippen molar-refractivity contribution >= 4 is 11.8 Å². The molecule has 7 heteroatoms. The van der Waals surface area contributed by atoms with E-state index in [2.05, 4.69) is 13.8 Å². The minimum atomic E-state index is -4.99. The van der Waals surface area contributed by atoms with Gasteiger partial charge in [0, 0.05) is 13.1 Å². The van der Waals surface area contributed by atoms with E-state index >= 15 is 0 Å². The number of carbonyl (C=O) groups is 2. The van der Waals surface area contributed by atoms with E-state index in [1.807, 2.05) is 5.32 Å². The maximum Gasteiger partial charge on any atom is 0.471 e. The summed E-state index contributed by atoms with van der Waals surface area (Å²) in [5.74, 6) is -1.66. The molecule has 126 valence electrons. The number of piperidine rings is 1. The van der Waals surface area contributed by atoms with Crippen LogP contribution in [0, 0.1) is 22.7 Å². The fourth-order valence-electron chi connectivity index (χ4n) is 3.36. The zero-order chi connectivity index (χ0) is 17.1. The number of carbonyl (C=O) groups excluding carboxylic acids is 2. The Morgan fingerprint density at radius 2 is 1.59 bits per heavy atom. The Labute approximate surface area is 128 Å². The van der Waals surface area contributed by atoms with Gasteiger partial charge in [0.25, 0.3) is 0 Å². The maximum absolute atomic E-state index is 12.6. The molecule has 0 spiro atoms. The number of halogens is 3. The number of rotatable bonds is 2. The highest BCUT2D eigenvalue weighted by atomic mass is 19.4. The number of amides is 2. The number of alkyl halides is 3. The second-order valence-corrected chi connectivity index (χ2v) is 8.05. The lowest BCUT2D eigenvalue weighted by Crippen LogP contribution is -2.57. The summed E-state index contributed by atoms with van der Waals surface area (Å²) in [7, 11) is 0. The summed E-state index contributed by atoms with van der Waals surface area (Å²) in [4.78, 5) is 25.4. The lowest BCUT2D eigenvalue weighted by Gasteiger charge is -2.34. The molecule has 3 atom stereocenters. The Morgan fingerprint density at radius 1 is 1.14 bits per heavy atom. The first-order valence-electron chi connectivity index (χ1n) is 7.42. The first-order chi connectivity index (χ1) is 9.76. The van der Waals surface area contributed by atoms with Gasteiger partial charge in [-0.05, 0) is 22.7 Å². The van der Waals surface area contributed by atoms with E-state index < -0.39 is 29.4 Å². The van der Waals surface area contributed by atoms with Crippen LogP contribution in [0.3, 0.4) is 0 Å². The zero-order valence-electron chi connectivity index (χ0n) is 13.5. The second kappa shape index (κ2) is 4.86. The van der Waals surface area contributed by atoms with Crippen molar-refractivity contribution in [2.75, 3.05) is 13.1 Å². The average molecular weight is 320 g/mol. The van der Waals surface area contributed by atoms with E-state index in [0.29, 0.717) is 24.9 Å². The molecule has 1 saturated carbocycles. The van der Waals surface area contributed by atoms with Crippen molar-refractivity contribution in [3.8, 4) is 0 Å². The predicted molar refractivity (Wildman–Crippen MR) is 74.8 cm³/mol. The van der Waals surface area contributed by atoms with Crippen LogP contribution in [0.4, 0.5) is 13.2 Å². The minimum absolute atomic E-state index is 0.212. The van der Waals surface area contributed by atoms with Gasteiger partial charge in [-0.15, -0.1) is 0 Å². The van der Waals surface area contributed by atoms with Crippen molar-refractivity contribution in [2.24, 2.45) is 22.7 Å². The summed E-state index contributed by atoms with van der Waals surface area (Å²) in [6.07, 6.45) is -4.99. The largest absolute Gasteiger partial charge is 0.471 e. The summed E-state index contributed by atoms with van der Waals surface area (Å²) in [5, 5.41) is 1.87. The quantitative estimate of drug-likeness (QED) is 0.848. The Balaban J connectivity index is 2.08. The van der Waals surface area contributed by atoms with E-state index in [-0.39, 0.29) is 5.41 Å². The molecular weight excluding hydrogens is 297 g/mol. The molecule has 0 bridgehead atoms. The number of hydrogen-bond acceptors (Lipinski definition) is 2. The molecule has 0 unspecified atom stereocenters. The number of nitrogens with zero attached hydrogens (tertiary/aromatic N) is 1. The smallest absolute Gasteiger partial charge is 0.340 e. The number of likely N-dealkylation sites (tertiary alicyclic amines) is 1. The van der Waals surface area contributed by atoms with Gasteiger partial charge in [0.15, 0.2) is 0 Å². The van der Waals surface area contributed by atoms with Crippen LogP contribution >= 0.6 is 0 Å². The molecule has 0 aromatic heterocycles. The van der Waals surface area contributed by atoms with Crippen molar-refractivity contribution in [3.63, 3.8) is 0 Å². The van der Waals surface area contributed by atoms with Crippen LogP contribution in [-0.2, 0) is 9.59 Å². The van der Waals surface area contributed by atoms with Gasteiger partial charge in [-0.25, -0.2) is 0 Å². The van der Waals surface area contributed by atoms with Crippen molar-refractivity contribution in [1.82, 2.24) is 10.2 Å². The van der Waals surface area contributed by atoms with Crippen molar-refractivity contribution in [1.29, 1.82) is 0 Å². The van der Waals surface area contributed by atoms with Gasteiger partial charge in [-0.3, -0.25) is 9.59 Å².